The molecule has 2 rings (SSSR count). The molecule has 0 radical (unpaired) electrons. The third-order valence-corrected chi connectivity index (χ3v) is 4.42. The van der Waals surface area contributed by atoms with Crippen molar-refractivity contribution in [2.24, 2.45) is 0 Å². The fourth-order valence-electron chi connectivity index (χ4n) is 2.49. The van der Waals surface area contributed by atoms with E-state index in [-0.39, 0.29) is 12.1 Å². The number of nitrogens with zero attached hydrogens (tertiary/aromatic N) is 1. The number of nitrogens with one attached hydrogen (secondary N) is 2. The highest BCUT2D eigenvalue weighted by molar-refractivity contribution is 7.09. The first kappa shape index (κ1) is 17.5. The highest BCUT2D eigenvalue weighted by atomic mass is 32.1. The Bertz CT molecular complexity index is 569. The maximum Gasteiger partial charge on any atom is 0.315 e. The molecule has 0 aliphatic carbocycles. The number of thiophene rings is 1. The van der Waals surface area contributed by atoms with Crippen molar-refractivity contribution in [3.8, 4) is 0 Å². The van der Waals surface area contributed by atoms with Crippen LogP contribution in [0.1, 0.15) is 10.4 Å². The van der Waals surface area contributed by atoms with Gasteiger partial charge in [-0.05, 0) is 43.9 Å². The molecule has 0 aliphatic rings. The Kier molecular flexibility index (Phi) is 7.10. The zero-order chi connectivity index (χ0) is 16.5. The van der Waals surface area contributed by atoms with E-state index in [1.54, 1.807) is 11.3 Å². The summed E-state index contributed by atoms with van der Waals surface area (Å²) in [7, 11) is 4.04. The van der Waals surface area contributed by atoms with E-state index in [0.717, 1.165) is 19.4 Å². The topological polar surface area (TPSA) is 44.4 Å². The fourth-order valence-corrected chi connectivity index (χ4v) is 3.20. The van der Waals surface area contributed by atoms with Gasteiger partial charge >= 0.3 is 6.03 Å². The second kappa shape index (κ2) is 9.33. The number of carbonyl (C=O) groups excluding carboxylic acids is 1. The molecular formula is C18H25N3OS. The minimum absolute atomic E-state index is 0.0918. The molecule has 0 unspecified atom stereocenters. The molecule has 2 N–H and O–H groups in total. The van der Waals surface area contributed by atoms with Crippen LogP contribution in [-0.4, -0.2) is 44.2 Å². The standard InChI is InChI=1S/C18H25N3OS/c1-21(2)14-16(13-15-7-4-3-5-8-15)20-18(22)19-11-10-17-9-6-12-23-17/h3-9,12,16H,10-11,13-14H2,1-2H3,(H2,19,20,22)/t16-/m1/s1. The largest absolute Gasteiger partial charge is 0.338 e. The molecule has 4 nitrogen and oxygen atoms in total. The number of benzene rings is 1. The monoisotopic (exact) mass is 331 g/mol. The molecule has 1 atom stereocenters. The van der Waals surface area contributed by atoms with Crippen LogP contribution in [0.4, 0.5) is 4.79 Å². The smallest absolute Gasteiger partial charge is 0.315 e. The summed E-state index contributed by atoms with van der Waals surface area (Å²) in [5, 5.41) is 8.10. The van der Waals surface area contributed by atoms with Gasteiger partial charge in [-0.15, -0.1) is 11.3 Å². The zero-order valence-electron chi connectivity index (χ0n) is 13.8. The van der Waals surface area contributed by atoms with Gasteiger partial charge in [-0.3, -0.25) is 0 Å². The molecule has 124 valence electrons. The van der Waals surface area contributed by atoms with Gasteiger partial charge in [0, 0.05) is 24.0 Å². The number of carbonyl (C=O) groups is 1. The van der Waals surface area contributed by atoms with Crippen molar-refractivity contribution >= 4 is 17.4 Å². The van der Waals surface area contributed by atoms with Crippen LogP contribution < -0.4 is 10.6 Å². The molecule has 1 aromatic heterocycles. The van der Waals surface area contributed by atoms with Gasteiger partial charge in [0.25, 0.3) is 0 Å². The first-order valence-electron chi connectivity index (χ1n) is 7.89. The van der Waals surface area contributed by atoms with Gasteiger partial charge in [-0.2, -0.15) is 0 Å². The van der Waals surface area contributed by atoms with Gasteiger partial charge in [0.1, 0.15) is 0 Å². The lowest BCUT2D eigenvalue weighted by atomic mass is 10.1. The summed E-state index contributed by atoms with van der Waals surface area (Å²) >= 11 is 1.72. The highest BCUT2D eigenvalue weighted by Gasteiger charge is 2.13. The summed E-state index contributed by atoms with van der Waals surface area (Å²) in [5.41, 5.74) is 1.23. The number of hydrogen-bond donors (Lipinski definition) is 2. The third kappa shape index (κ3) is 6.84. The van der Waals surface area contributed by atoms with Gasteiger partial charge in [-0.25, -0.2) is 4.79 Å². The third-order valence-electron chi connectivity index (χ3n) is 3.48. The number of amides is 2. The van der Waals surface area contributed by atoms with Gasteiger partial charge in [0.2, 0.25) is 0 Å². The van der Waals surface area contributed by atoms with Crippen LogP contribution in [0, 0.1) is 0 Å². The normalized spacial score (nSPS) is 12.1. The number of rotatable bonds is 8. The van der Waals surface area contributed by atoms with Gasteiger partial charge in [0.05, 0.1) is 0 Å². The predicted molar refractivity (Wildman–Crippen MR) is 97.0 cm³/mol. The number of hydrogen-bond acceptors (Lipinski definition) is 3. The molecule has 0 spiro atoms. The molecule has 0 saturated heterocycles. The van der Waals surface area contributed by atoms with Crippen LogP contribution in [-0.2, 0) is 12.8 Å². The SMILES string of the molecule is CN(C)C[C@@H](Cc1ccccc1)NC(=O)NCCc1cccs1. The van der Waals surface area contributed by atoms with Crippen LogP contribution >= 0.6 is 11.3 Å². The van der Waals surface area contributed by atoms with Gasteiger partial charge < -0.3 is 15.5 Å². The number of urea groups is 1. The molecule has 0 fully saturated rings. The van der Waals surface area contributed by atoms with E-state index >= 15 is 0 Å². The minimum Gasteiger partial charge on any atom is -0.338 e. The summed E-state index contributed by atoms with van der Waals surface area (Å²) in [4.78, 5) is 15.5. The minimum atomic E-state index is -0.0932. The molecular weight excluding hydrogens is 306 g/mol. The Morgan fingerprint density at radius 1 is 1.17 bits per heavy atom. The van der Waals surface area contributed by atoms with E-state index in [1.165, 1.54) is 10.4 Å². The molecule has 0 aliphatic heterocycles. The van der Waals surface area contributed by atoms with Crippen LogP contribution in [0.5, 0.6) is 0 Å². The van der Waals surface area contributed by atoms with Crippen LogP contribution in [0.3, 0.4) is 0 Å². The second-order valence-corrected chi connectivity index (χ2v) is 6.91. The Morgan fingerprint density at radius 2 is 1.96 bits per heavy atom. The predicted octanol–water partition coefficient (Wildman–Crippen LogP) is 2.76. The highest BCUT2D eigenvalue weighted by Crippen LogP contribution is 2.08. The first-order valence-corrected chi connectivity index (χ1v) is 8.77. The Balaban J connectivity index is 1.80. The van der Waals surface area contributed by atoms with E-state index in [1.807, 2.05) is 38.4 Å². The van der Waals surface area contributed by atoms with E-state index in [4.69, 9.17) is 0 Å². The summed E-state index contributed by atoms with van der Waals surface area (Å²) in [6.07, 6.45) is 1.71. The summed E-state index contributed by atoms with van der Waals surface area (Å²) in [6.45, 7) is 1.47. The molecule has 1 heterocycles. The van der Waals surface area contributed by atoms with Crippen molar-refractivity contribution in [3.05, 3.63) is 58.3 Å². The average molecular weight is 331 g/mol. The Morgan fingerprint density at radius 3 is 2.61 bits per heavy atom. The summed E-state index contributed by atoms with van der Waals surface area (Å²) in [6, 6.07) is 14.4. The maximum absolute atomic E-state index is 12.1. The van der Waals surface area contributed by atoms with Crippen LogP contribution in [0.15, 0.2) is 47.8 Å². The molecule has 1 aromatic carbocycles. The Labute approximate surface area is 142 Å². The molecule has 2 aromatic rings. The first-order chi connectivity index (χ1) is 11.1. The molecule has 0 bridgehead atoms. The van der Waals surface area contributed by atoms with Crippen LogP contribution in [0.2, 0.25) is 0 Å². The fraction of sp³-hybridized carbons (Fsp3) is 0.389. The lowest BCUT2D eigenvalue weighted by Gasteiger charge is -2.22. The average Bonchev–Trinajstić information content (AvgIpc) is 3.01. The summed E-state index contributed by atoms with van der Waals surface area (Å²) < 4.78 is 0. The van der Waals surface area contributed by atoms with Crippen molar-refractivity contribution in [1.29, 1.82) is 0 Å². The number of likely N-dealkylation sites (N-methyl/N-ethyl adjacent to an activating group) is 1. The van der Waals surface area contributed by atoms with Gasteiger partial charge in [0.15, 0.2) is 0 Å². The zero-order valence-corrected chi connectivity index (χ0v) is 14.6. The summed E-state index contributed by atoms with van der Waals surface area (Å²) in [5.74, 6) is 0. The maximum atomic E-state index is 12.1. The second-order valence-electron chi connectivity index (χ2n) is 5.88. The van der Waals surface area contributed by atoms with Crippen molar-refractivity contribution in [2.45, 2.75) is 18.9 Å². The van der Waals surface area contributed by atoms with Crippen molar-refractivity contribution in [2.75, 3.05) is 27.2 Å². The van der Waals surface area contributed by atoms with E-state index in [0.29, 0.717) is 6.54 Å². The molecule has 5 heteroatoms. The van der Waals surface area contributed by atoms with Crippen molar-refractivity contribution < 1.29 is 4.79 Å². The van der Waals surface area contributed by atoms with Gasteiger partial charge in [-0.1, -0.05) is 36.4 Å². The molecule has 0 saturated carbocycles. The molecule has 2 amide bonds. The van der Waals surface area contributed by atoms with Crippen molar-refractivity contribution in [1.82, 2.24) is 15.5 Å². The van der Waals surface area contributed by atoms with E-state index in [2.05, 4.69) is 39.1 Å². The van der Waals surface area contributed by atoms with E-state index < -0.39 is 0 Å². The van der Waals surface area contributed by atoms with Crippen molar-refractivity contribution in [3.63, 3.8) is 0 Å². The lowest BCUT2D eigenvalue weighted by molar-refractivity contribution is 0.232. The quantitative estimate of drug-likeness (QED) is 0.781. The molecule has 23 heavy (non-hydrogen) atoms. The lowest BCUT2D eigenvalue weighted by Crippen LogP contribution is -2.47. The Hall–Kier alpha value is -1.85. The van der Waals surface area contributed by atoms with E-state index in [9.17, 15) is 4.79 Å². The van der Waals surface area contributed by atoms with Crippen LogP contribution in [0.25, 0.3) is 0 Å².